The van der Waals surface area contributed by atoms with E-state index in [1.165, 1.54) is 0 Å². The molecule has 0 aliphatic carbocycles. The molecule has 3 unspecified atom stereocenters. The molecule has 1 saturated heterocycles. The molecule has 134 valence electrons. The number of esters is 1. The highest BCUT2D eigenvalue weighted by Gasteiger charge is 2.55. The summed E-state index contributed by atoms with van der Waals surface area (Å²) in [6.45, 7) is 13.0. The van der Waals surface area contributed by atoms with Crippen molar-refractivity contribution in [2.24, 2.45) is 0 Å². The highest BCUT2D eigenvalue weighted by Crippen LogP contribution is 2.42. The Hall–Kier alpha value is -0.606. The van der Waals surface area contributed by atoms with Crippen LogP contribution in [0.3, 0.4) is 0 Å². The van der Waals surface area contributed by atoms with Crippen molar-refractivity contribution in [3.63, 3.8) is 0 Å². The minimum Gasteiger partial charge on any atom is -0.466 e. The van der Waals surface area contributed by atoms with Gasteiger partial charge in [0.1, 0.15) is 7.59 Å². The Morgan fingerprint density at radius 1 is 1.35 bits per heavy atom. The first-order valence-electron chi connectivity index (χ1n) is 7.77. The van der Waals surface area contributed by atoms with E-state index in [0.717, 1.165) is 6.04 Å². The number of alkyl halides is 3. The lowest BCUT2D eigenvalue weighted by atomic mass is 9.96. The predicted molar refractivity (Wildman–Crippen MR) is 89.3 cm³/mol. The van der Waals surface area contributed by atoms with Crippen LogP contribution in [0.4, 0.5) is 13.2 Å². The maximum absolute atomic E-state index is 13.5. The van der Waals surface area contributed by atoms with Gasteiger partial charge in [0.25, 0.3) is 6.43 Å². The lowest BCUT2D eigenvalue weighted by Crippen LogP contribution is -2.69. The Morgan fingerprint density at radius 3 is 2.35 bits per heavy atom. The fourth-order valence-electron chi connectivity index (χ4n) is 2.87. The summed E-state index contributed by atoms with van der Waals surface area (Å²) in [7, 11) is -4.28. The molecule has 0 aromatic rings. The van der Waals surface area contributed by atoms with Gasteiger partial charge < -0.3 is 9.16 Å². The van der Waals surface area contributed by atoms with Gasteiger partial charge in [0, 0.05) is 12.0 Å². The molecule has 0 aromatic carbocycles. The number of halogens is 3. The minimum absolute atomic E-state index is 0.295. The van der Waals surface area contributed by atoms with Crippen molar-refractivity contribution in [3.8, 4) is 0 Å². The van der Waals surface area contributed by atoms with Crippen LogP contribution in [-0.2, 0) is 14.0 Å². The second-order valence-electron chi connectivity index (χ2n) is 7.53. The zero-order valence-corrected chi connectivity index (χ0v) is 16.5. The Morgan fingerprint density at radius 2 is 1.91 bits per heavy atom. The molecule has 1 heterocycles. The molecule has 8 heteroatoms. The van der Waals surface area contributed by atoms with E-state index in [-0.39, 0.29) is 6.42 Å². The molecular weight excluding hydrogens is 341 g/mol. The Bertz CT molecular complexity index is 473. The molecule has 3 nitrogen and oxygen atoms in total. The summed E-state index contributed by atoms with van der Waals surface area (Å²) in [6, 6.07) is 0.780. The van der Waals surface area contributed by atoms with E-state index < -0.39 is 39.6 Å². The number of hydrogen-bond donors (Lipinski definition) is 0. The van der Waals surface area contributed by atoms with Gasteiger partial charge in [0.15, 0.2) is 14.0 Å². The second kappa shape index (κ2) is 7.10. The van der Waals surface area contributed by atoms with Crippen molar-refractivity contribution >= 4 is 21.4 Å². The van der Waals surface area contributed by atoms with Crippen molar-refractivity contribution < 1.29 is 27.1 Å². The molecule has 1 rings (SSSR count). The van der Waals surface area contributed by atoms with Crippen LogP contribution in [0, 0.1) is 0 Å². The van der Waals surface area contributed by atoms with Gasteiger partial charge in [-0.2, -0.15) is 0 Å². The monoisotopic (exact) mass is 368 g/mol. The minimum atomic E-state index is -2.98. The first-order chi connectivity index (χ1) is 10.3. The fourth-order valence-corrected chi connectivity index (χ4v) is 12.1. The molecule has 1 fully saturated rings. The smallest absolute Gasteiger partial charge is 0.332 e. The number of rotatable bonds is 6. The van der Waals surface area contributed by atoms with Gasteiger partial charge in [0.2, 0.25) is 0 Å². The van der Waals surface area contributed by atoms with E-state index in [9.17, 15) is 18.0 Å². The Balaban J connectivity index is 2.79. The standard InChI is InChI=1S/C15H27F3O3Si2/c1-11(2)14(19)20-10-23(6)8-7-15(3,21-22(23,4)5)9-12(16)13(17)18/h12-13H,1,7-10H2,2-6H3. The molecule has 0 bridgehead atoms. The normalized spacial score (nSPS) is 31.7. The summed E-state index contributed by atoms with van der Waals surface area (Å²) in [4.78, 5) is 11.6. The average Bonchev–Trinajstić information content (AvgIpc) is 2.40. The maximum Gasteiger partial charge on any atom is 0.332 e. The van der Waals surface area contributed by atoms with E-state index in [0.29, 0.717) is 18.2 Å². The third-order valence-corrected chi connectivity index (χ3v) is 21.2. The van der Waals surface area contributed by atoms with Crippen LogP contribution >= 0.6 is 0 Å². The topological polar surface area (TPSA) is 35.5 Å². The van der Waals surface area contributed by atoms with Crippen molar-refractivity contribution in [3.05, 3.63) is 12.2 Å². The molecule has 23 heavy (non-hydrogen) atoms. The first kappa shape index (κ1) is 20.4. The SMILES string of the molecule is C=C(C)C(=O)OC[Si]1(C)CCC(C)(CC(F)C(F)F)O[Si]1(C)C. The average molecular weight is 369 g/mol. The van der Waals surface area contributed by atoms with Crippen molar-refractivity contribution in [2.45, 2.75) is 70.6 Å². The summed E-state index contributed by atoms with van der Waals surface area (Å²) in [5, 5.41) is 0. The largest absolute Gasteiger partial charge is 0.466 e. The molecular formula is C15H27F3O3Si2. The highest BCUT2D eigenvalue weighted by atomic mass is 29.3. The predicted octanol–water partition coefficient (Wildman–Crippen LogP) is 4.18. The quantitative estimate of drug-likeness (QED) is 0.401. The second-order valence-corrected chi connectivity index (χ2v) is 21.9. The Kier molecular flexibility index (Phi) is 6.31. The van der Waals surface area contributed by atoms with Gasteiger partial charge in [-0.25, -0.2) is 18.0 Å². The number of ether oxygens (including phenoxy) is 1. The van der Waals surface area contributed by atoms with E-state index in [2.05, 4.69) is 13.1 Å². The molecule has 0 amide bonds. The number of carbonyl (C=O) groups excluding carboxylic acids is 1. The molecule has 1 aliphatic rings. The van der Waals surface area contributed by atoms with Gasteiger partial charge in [0.05, 0.1) is 11.8 Å². The van der Waals surface area contributed by atoms with E-state index >= 15 is 0 Å². The third-order valence-electron chi connectivity index (χ3n) is 4.93. The first-order valence-corrected chi connectivity index (χ1v) is 14.6. The zero-order chi connectivity index (χ0) is 18.1. The molecule has 0 saturated carbocycles. The van der Waals surface area contributed by atoms with Crippen LogP contribution in [-0.4, -0.2) is 45.8 Å². The van der Waals surface area contributed by atoms with Crippen LogP contribution in [0.1, 0.15) is 26.7 Å². The van der Waals surface area contributed by atoms with Crippen LogP contribution in [0.5, 0.6) is 0 Å². The van der Waals surface area contributed by atoms with Crippen molar-refractivity contribution in [2.75, 3.05) is 6.23 Å². The lowest BCUT2D eigenvalue weighted by Gasteiger charge is -2.52. The number of carbonyl (C=O) groups is 1. The summed E-state index contributed by atoms with van der Waals surface area (Å²) in [5.41, 5.74) is -0.517. The van der Waals surface area contributed by atoms with E-state index in [1.54, 1.807) is 13.8 Å². The summed E-state index contributed by atoms with van der Waals surface area (Å²) in [5.74, 6) is -0.418. The molecule has 0 N–H and O–H groups in total. The fraction of sp³-hybridized carbons (Fsp3) is 0.800. The van der Waals surface area contributed by atoms with Crippen LogP contribution < -0.4 is 0 Å². The van der Waals surface area contributed by atoms with E-state index in [1.807, 2.05) is 13.1 Å². The van der Waals surface area contributed by atoms with Crippen LogP contribution in [0.2, 0.25) is 25.7 Å². The molecule has 0 aromatic heterocycles. The molecule has 0 radical (unpaired) electrons. The van der Waals surface area contributed by atoms with Crippen molar-refractivity contribution in [1.82, 2.24) is 0 Å². The molecule has 1 aliphatic heterocycles. The van der Waals surface area contributed by atoms with Gasteiger partial charge in [-0.15, -0.1) is 0 Å². The van der Waals surface area contributed by atoms with Crippen LogP contribution in [0.15, 0.2) is 12.2 Å². The van der Waals surface area contributed by atoms with Gasteiger partial charge in [-0.3, -0.25) is 0 Å². The van der Waals surface area contributed by atoms with Crippen LogP contribution in [0.25, 0.3) is 0 Å². The Labute approximate surface area is 138 Å². The molecule has 0 spiro atoms. The van der Waals surface area contributed by atoms with E-state index in [4.69, 9.17) is 9.16 Å². The van der Waals surface area contributed by atoms with Gasteiger partial charge >= 0.3 is 5.97 Å². The summed E-state index contributed by atoms with van der Waals surface area (Å²) >= 11 is 0. The summed E-state index contributed by atoms with van der Waals surface area (Å²) in [6.07, 6.45) is -4.59. The number of hydrogen-bond acceptors (Lipinski definition) is 3. The maximum atomic E-state index is 13.5. The zero-order valence-electron chi connectivity index (χ0n) is 14.5. The third kappa shape index (κ3) is 4.93. The van der Waals surface area contributed by atoms with Gasteiger partial charge in [-0.05, 0) is 33.4 Å². The molecule has 3 atom stereocenters. The van der Waals surface area contributed by atoms with Gasteiger partial charge in [-0.1, -0.05) is 19.2 Å². The highest BCUT2D eigenvalue weighted by molar-refractivity contribution is 7.39. The lowest BCUT2D eigenvalue weighted by molar-refractivity contribution is -0.137. The summed E-state index contributed by atoms with van der Waals surface area (Å²) < 4.78 is 50.0. The van der Waals surface area contributed by atoms with Crippen molar-refractivity contribution in [1.29, 1.82) is 0 Å².